The van der Waals surface area contributed by atoms with Crippen LogP contribution < -0.4 is 10.6 Å². The van der Waals surface area contributed by atoms with Gasteiger partial charge in [0, 0.05) is 31.1 Å². The van der Waals surface area contributed by atoms with Gasteiger partial charge in [0.1, 0.15) is 0 Å². The van der Waals surface area contributed by atoms with Crippen molar-refractivity contribution in [2.24, 2.45) is 5.92 Å². The molecule has 0 spiro atoms. The molecule has 6 heteroatoms. The number of aliphatic hydroxyl groups is 1. The highest BCUT2D eigenvalue weighted by atomic mass is 16.3. The predicted molar refractivity (Wildman–Crippen MR) is 159 cm³/mol. The molecule has 40 heavy (non-hydrogen) atoms. The quantitative estimate of drug-likeness (QED) is 0.367. The lowest BCUT2D eigenvalue weighted by molar-refractivity contribution is -0.122. The Morgan fingerprint density at radius 2 is 1.70 bits per heavy atom. The van der Waals surface area contributed by atoms with Gasteiger partial charge in [-0.25, -0.2) is 4.79 Å². The summed E-state index contributed by atoms with van der Waals surface area (Å²) >= 11 is 0. The second kappa shape index (κ2) is 10.7. The highest BCUT2D eigenvalue weighted by Crippen LogP contribution is 2.47. The molecule has 2 atom stereocenters. The number of hydrogen-bond donors (Lipinski definition) is 3. The summed E-state index contributed by atoms with van der Waals surface area (Å²) in [5.74, 6) is 0.385. The fourth-order valence-electron chi connectivity index (χ4n) is 5.68. The van der Waals surface area contributed by atoms with Crippen molar-refractivity contribution < 1.29 is 14.7 Å². The Labute approximate surface area is 237 Å². The number of fused-ring (bicyclic) bond motifs is 1. The number of rotatable bonds is 6. The monoisotopic (exact) mass is 539 g/mol. The summed E-state index contributed by atoms with van der Waals surface area (Å²) in [5, 5.41) is 16.9. The summed E-state index contributed by atoms with van der Waals surface area (Å²) in [6, 6.07) is 22.4. The van der Waals surface area contributed by atoms with E-state index in [4.69, 9.17) is 0 Å². The fourth-order valence-corrected chi connectivity index (χ4v) is 5.68. The van der Waals surface area contributed by atoms with Crippen molar-refractivity contribution in [3.05, 3.63) is 94.5 Å². The summed E-state index contributed by atoms with van der Waals surface area (Å²) in [6.07, 6.45) is 1.60. The smallest absolute Gasteiger partial charge is 0.318 e. The van der Waals surface area contributed by atoms with Gasteiger partial charge in [0.05, 0.1) is 5.60 Å². The molecular weight excluding hydrogens is 498 g/mol. The third kappa shape index (κ3) is 6.23. The van der Waals surface area contributed by atoms with Crippen LogP contribution in [0.3, 0.4) is 0 Å². The van der Waals surface area contributed by atoms with Crippen LogP contribution >= 0.6 is 0 Å². The minimum absolute atomic E-state index is 0.0103. The molecule has 1 unspecified atom stereocenters. The lowest BCUT2D eigenvalue weighted by atomic mass is 9.86. The molecule has 1 heterocycles. The minimum atomic E-state index is -0.942. The first-order valence-corrected chi connectivity index (χ1v) is 14.3. The average molecular weight is 540 g/mol. The van der Waals surface area contributed by atoms with Gasteiger partial charge >= 0.3 is 6.03 Å². The van der Waals surface area contributed by atoms with Gasteiger partial charge in [0.15, 0.2) is 0 Å². The first-order valence-electron chi connectivity index (χ1n) is 14.3. The van der Waals surface area contributed by atoms with Gasteiger partial charge in [-0.2, -0.15) is 0 Å². The van der Waals surface area contributed by atoms with Gasteiger partial charge in [0.2, 0.25) is 5.91 Å². The summed E-state index contributed by atoms with van der Waals surface area (Å²) in [7, 11) is 0. The van der Waals surface area contributed by atoms with Gasteiger partial charge in [-0.15, -0.1) is 0 Å². The van der Waals surface area contributed by atoms with Gasteiger partial charge in [-0.1, -0.05) is 60.7 Å². The third-order valence-corrected chi connectivity index (χ3v) is 7.97. The topological polar surface area (TPSA) is 81.7 Å². The van der Waals surface area contributed by atoms with E-state index >= 15 is 0 Å². The van der Waals surface area contributed by atoms with Crippen molar-refractivity contribution in [2.75, 3.05) is 6.54 Å². The number of urea groups is 1. The molecule has 1 aliphatic heterocycles. The van der Waals surface area contributed by atoms with Crippen molar-refractivity contribution in [1.82, 2.24) is 15.5 Å². The fraction of sp³-hybridized carbons (Fsp3) is 0.412. The Bertz CT molecular complexity index is 1400. The van der Waals surface area contributed by atoms with Crippen molar-refractivity contribution in [2.45, 2.75) is 77.6 Å². The van der Waals surface area contributed by atoms with E-state index in [-0.39, 0.29) is 29.3 Å². The van der Waals surface area contributed by atoms with E-state index in [2.05, 4.69) is 41.0 Å². The second-order valence-electron chi connectivity index (χ2n) is 12.8. The molecule has 1 saturated carbocycles. The highest BCUT2D eigenvalue weighted by Gasteiger charge is 2.43. The number of benzene rings is 3. The number of hydrogen-bond acceptors (Lipinski definition) is 3. The average Bonchev–Trinajstić information content (AvgIpc) is 3.72. The highest BCUT2D eigenvalue weighted by molar-refractivity contribution is 5.83. The van der Waals surface area contributed by atoms with E-state index in [1.165, 1.54) is 11.1 Å². The molecule has 5 rings (SSSR count). The van der Waals surface area contributed by atoms with Gasteiger partial charge in [-0.3, -0.25) is 4.79 Å². The van der Waals surface area contributed by atoms with Crippen LogP contribution in [-0.4, -0.2) is 34.0 Å². The summed E-state index contributed by atoms with van der Waals surface area (Å²) in [5.41, 5.74) is 6.30. The van der Waals surface area contributed by atoms with Crippen molar-refractivity contribution in [3.63, 3.8) is 0 Å². The lowest BCUT2D eigenvalue weighted by Gasteiger charge is -2.34. The Morgan fingerprint density at radius 1 is 0.950 bits per heavy atom. The normalized spacial score (nSPS) is 18.6. The Balaban J connectivity index is 1.41. The zero-order valence-corrected chi connectivity index (χ0v) is 24.3. The maximum Gasteiger partial charge on any atom is 0.318 e. The van der Waals surface area contributed by atoms with Crippen LogP contribution in [0.1, 0.15) is 74.8 Å². The Morgan fingerprint density at radius 3 is 2.40 bits per heavy atom. The minimum Gasteiger partial charge on any atom is -0.386 e. The molecule has 3 aromatic carbocycles. The molecule has 3 amide bonds. The van der Waals surface area contributed by atoms with E-state index in [0.29, 0.717) is 19.6 Å². The van der Waals surface area contributed by atoms with E-state index < -0.39 is 5.60 Å². The zero-order chi connectivity index (χ0) is 28.7. The summed E-state index contributed by atoms with van der Waals surface area (Å²) in [4.78, 5) is 28.0. The number of nitrogens with one attached hydrogen (secondary N) is 2. The van der Waals surface area contributed by atoms with E-state index in [1.807, 2.05) is 62.1 Å². The largest absolute Gasteiger partial charge is 0.386 e. The second-order valence-corrected chi connectivity index (χ2v) is 12.8. The van der Waals surface area contributed by atoms with Crippen LogP contribution in [-0.2, 0) is 29.9 Å². The number of carbonyl (C=O) groups is 2. The van der Waals surface area contributed by atoms with Crippen LogP contribution in [0.5, 0.6) is 0 Å². The predicted octanol–water partition coefficient (Wildman–Crippen LogP) is 5.87. The third-order valence-electron chi connectivity index (χ3n) is 7.97. The summed E-state index contributed by atoms with van der Waals surface area (Å²) < 4.78 is 0. The zero-order valence-electron chi connectivity index (χ0n) is 24.3. The molecule has 1 aliphatic carbocycles. The maximum atomic E-state index is 13.1. The molecule has 3 aromatic rings. The lowest BCUT2D eigenvalue weighted by Crippen LogP contribution is -2.50. The van der Waals surface area contributed by atoms with E-state index in [1.54, 1.807) is 13.8 Å². The molecule has 0 aromatic heterocycles. The first kappa shape index (κ1) is 27.9. The molecule has 210 valence electrons. The van der Waals surface area contributed by atoms with Crippen molar-refractivity contribution in [1.29, 1.82) is 0 Å². The van der Waals surface area contributed by atoms with Crippen molar-refractivity contribution in [3.8, 4) is 11.1 Å². The molecular formula is C34H41N3O3. The van der Waals surface area contributed by atoms with Crippen LogP contribution in [0.2, 0.25) is 0 Å². The molecule has 0 radical (unpaired) electrons. The van der Waals surface area contributed by atoms with Gasteiger partial charge < -0.3 is 20.6 Å². The van der Waals surface area contributed by atoms with Crippen LogP contribution in [0.25, 0.3) is 11.1 Å². The van der Waals surface area contributed by atoms with Crippen LogP contribution in [0.4, 0.5) is 4.79 Å². The standard InChI is InChI=1S/C34H41N3O3/c1-33(2,3)36-32(39)37-17-16-27-26(23-12-9-13-25(18-23)34(4,5)40)15-14-24(30(27)21-37)20-35-31(38)29-19-28(29)22-10-7-6-8-11-22/h6-15,18,28-29,40H,16-17,19-21H2,1-5H3,(H,35,38)(H,36,39)/t28-,29?/m1/s1. The number of nitrogens with zero attached hydrogens (tertiary/aromatic N) is 1. The van der Waals surface area contributed by atoms with Crippen LogP contribution in [0, 0.1) is 5.92 Å². The molecule has 0 saturated heterocycles. The molecule has 2 aliphatic rings. The van der Waals surface area contributed by atoms with Crippen molar-refractivity contribution >= 4 is 11.9 Å². The molecule has 1 fully saturated rings. The molecule has 6 nitrogen and oxygen atoms in total. The van der Waals surface area contributed by atoms with Gasteiger partial charge in [-0.05, 0) is 98.4 Å². The Hall–Kier alpha value is -3.64. The van der Waals surface area contributed by atoms with E-state index in [9.17, 15) is 14.7 Å². The SMILES string of the molecule is CC(C)(C)NC(=O)N1CCc2c(-c3cccc(C(C)(C)O)c3)ccc(CNC(=O)C3C[C@@H]3c3ccccc3)c2C1. The number of carbonyl (C=O) groups excluding carboxylic acids is 2. The van der Waals surface area contributed by atoms with Crippen LogP contribution in [0.15, 0.2) is 66.7 Å². The molecule has 0 bridgehead atoms. The van der Waals surface area contributed by atoms with Gasteiger partial charge in [0.25, 0.3) is 0 Å². The summed E-state index contributed by atoms with van der Waals surface area (Å²) in [6.45, 7) is 11.1. The number of amides is 3. The van der Waals surface area contributed by atoms with E-state index in [0.717, 1.165) is 40.7 Å². The Kier molecular flexibility index (Phi) is 7.49. The maximum absolute atomic E-state index is 13.1. The molecule has 3 N–H and O–H groups in total. The first-order chi connectivity index (χ1) is 18.9.